The highest BCUT2D eigenvalue weighted by molar-refractivity contribution is 5.89. The topological polar surface area (TPSA) is 40.7 Å². The number of para-hydroxylation sites is 1. The summed E-state index contributed by atoms with van der Waals surface area (Å²) in [7, 11) is 0. The van der Waals surface area contributed by atoms with Crippen molar-refractivity contribution in [3.63, 3.8) is 0 Å². The van der Waals surface area contributed by atoms with Crippen LogP contribution in [0, 0.1) is 5.41 Å². The lowest BCUT2D eigenvalue weighted by atomic mass is 9.85. The molecule has 0 bridgehead atoms. The first kappa shape index (κ1) is 12.5. The van der Waals surface area contributed by atoms with Gasteiger partial charge in [0.15, 0.2) is 0 Å². The summed E-state index contributed by atoms with van der Waals surface area (Å²) in [6.07, 6.45) is 8.40. The molecule has 0 aliphatic heterocycles. The first-order valence-electron chi connectivity index (χ1n) is 7.33. The van der Waals surface area contributed by atoms with Gasteiger partial charge in [-0.05, 0) is 37.2 Å². The van der Waals surface area contributed by atoms with E-state index in [-0.39, 0.29) is 0 Å². The van der Waals surface area contributed by atoms with Crippen LogP contribution in [0.3, 0.4) is 0 Å². The lowest BCUT2D eigenvalue weighted by Crippen LogP contribution is -2.19. The summed E-state index contributed by atoms with van der Waals surface area (Å²) in [5.74, 6) is 0. The molecule has 1 fully saturated rings. The van der Waals surface area contributed by atoms with Crippen molar-refractivity contribution in [3.8, 4) is 0 Å². The minimum absolute atomic E-state index is 0.510. The largest absolute Gasteiger partial charge is 0.381 e. The van der Waals surface area contributed by atoms with E-state index in [9.17, 15) is 0 Å². The van der Waals surface area contributed by atoms with Gasteiger partial charge in [-0.3, -0.25) is 5.10 Å². The first-order valence-corrected chi connectivity index (χ1v) is 7.33. The summed E-state index contributed by atoms with van der Waals surface area (Å²) in [5, 5.41) is 12.1. The van der Waals surface area contributed by atoms with Gasteiger partial charge in [0.05, 0.1) is 17.4 Å². The Morgan fingerprint density at radius 2 is 2.16 bits per heavy atom. The van der Waals surface area contributed by atoms with Gasteiger partial charge in [-0.2, -0.15) is 5.10 Å². The maximum absolute atomic E-state index is 4.13. The Kier molecular flexibility index (Phi) is 3.21. The van der Waals surface area contributed by atoms with E-state index in [0.29, 0.717) is 11.5 Å². The molecule has 1 aromatic carbocycles. The Morgan fingerprint density at radius 1 is 1.26 bits per heavy atom. The molecule has 1 aliphatic rings. The third kappa shape index (κ3) is 2.75. The number of fused-ring (bicyclic) bond motifs is 1. The number of aromatic nitrogens is 2. The monoisotopic (exact) mass is 257 g/mol. The Labute approximate surface area is 114 Å². The van der Waals surface area contributed by atoms with Crippen molar-refractivity contribution in [1.82, 2.24) is 10.2 Å². The second-order valence-electron chi connectivity index (χ2n) is 6.58. The van der Waals surface area contributed by atoms with Crippen molar-refractivity contribution in [3.05, 3.63) is 24.4 Å². The Hall–Kier alpha value is -1.51. The molecular formula is C16H23N3. The number of aromatic amines is 1. The Bertz CT molecular complexity index is 556. The zero-order chi connectivity index (χ0) is 13.3. The van der Waals surface area contributed by atoms with Crippen LogP contribution in [-0.4, -0.2) is 16.2 Å². The van der Waals surface area contributed by atoms with Crippen LogP contribution in [0.25, 0.3) is 10.9 Å². The molecule has 1 saturated carbocycles. The van der Waals surface area contributed by atoms with E-state index in [1.165, 1.54) is 43.2 Å². The molecule has 1 unspecified atom stereocenters. The molecule has 1 atom stereocenters. The van der Waals surface area contributed by atoms with Gasteiger partial charge in [0, 0.05) is 11.4 Å². The van der Waals surface area contributed by atoms with E-state index in [1.807, 2.05) is 6.20 Å². The fraction of sp³-hybridized carbons (Fsp3) is 0.562. The average Bonchev–Trinajstić information content (AvgIpc) is 2.78. The quantitative estimate of drug-likeness (QED) is 0.786. The van der Waals surface area contributed by atoms with Crippen molar-refractivity contribution in [2.75, 3.05) is 5.32 Å². The van der Waals surface area contributed by atoms with Gasteiger partial charge < -0.3 is 5.32 Å². The summed E-state index contributed by atoms with van der Waals surface area (Å²) >= 11 is 0. The van der Waals surface area contributed by atoms with Crippen LogP contribution >= 0.6 is 0 Å². The molecule has 0 saturated heterocycles. The molecular weight excluding hydrogens is 234 g/mol. The molecule has 1 aromatic heterocycles. The molecule has 0 amide bonds. The predicted molar refractivity (Wildman–Crippen MR) is 80.4 cm³/mol. The molecule has 102 valence electrons. The van der Waals surface area contributed by atoms with E-state index < -0.39 is 0 Å². The van der Waals surface area contributed by atoms with Gasteiger partial charge in [-0.25, -0.2) is 0 Å². The van der Waals surface area contributed by atoms with E-state index in [4.69, 9.17) is 0 Å². The molecule has 1 heterocycles. The standard InChI is InChI=1S/C16H23N3/c1-16(2)9-4-6-13(8-10-16)18-14-7-3-5-12-11-17-19-15(12)14/h3,5,7,11,13,18H,4,6,8-10H2,1-2H3,(H,17,19). The molecule has 3 nitrogen and oxygen atoms in total. The van der Waals surface area contributed by atoms with Crippen LogP contribution in [0.4, 0.5) is 5.69 Å². The van der Waals surface area contributed by atoms with Crippen LogP contribution < -0.4 is 5.32 Å². The number of hydrogen-bond acceptors (Lipinski definition) is 2. The van der Waals surface area contributed by atoms with Gasteiger partial charge in [-0.15, -0.1) is 0 Å². The Morgan fingerprint density at radius 3 is 3.05 bits per heavy atom. The molecule has 2 aromatic rings. The van der Waals surface area contributed by atoms with Crippen molar-refractivity contribution in [1.29, 1.82) is 0 Å². The Balaban J connectivity index is 1.76. The molecule has 0 radical (unpaired) electrons. The second-order valence-corrected chi connectivity index (χ2v) is 6.58. The van der Waals surface area contributed by atoms with Crippen LogP contribution in [0.5, 0.6) is 0 Å². The number of rotatable bonds is 2. The summed E-state index contributed by atoms with van der Waals surface area (Å²) in [4.78, 5) is 0. The average molecular weight is 257 g/mol. The zero-order valence-corrected chi connectivity index (χ0v) is 11.9. The van der Waals surface area contributed by atoms with E-state index >= 15 is 0 Å². The first-order chi connectivity index (χ1) is 9.14. The van der Waals surface area contributed by atoms with Crippen LogP contribution in [-0.2, 0) is 0 Å². The second kappa shape index (κ2) is 4.87. The number of nitrogens with one attached hydrogen (secondary N) is 2. The predicted octanol–water partition coefficient (Wildman–Crippen LogP) is 4.33. The lowest BCUT2D eigenvalue weighted by molar-refractivity contribution is 0.313. The number of anilines is 1. The molecule has 3 rings (SSSR count). The van der Waals surface area contributed by atoms with Crippen molar-refractivity contribution in [2.45, 2.75) is 52.0 Å². The summed E-state index contributed by atoms with van der Waals surface area (Å²) < 4.78 is 0. The van der Waals surface area contributed by atoms with Gasteiger partial charge >= 0.3 is 0 Å². The third-order valence-electron chi connectivity index (χ3n) is 4.41. The van der Waals surface area contributed by atoms with Gasteiger partial charge in [0.25, 0.3) is 0 Å². The highest BCUT2D eigenvalue weighted by Gasteiger charge is 2.24. The highest BCUT2D eigenvalue weighted by atomic mass is 15.1. The number of nitrogens with zero attached hydrogens (tertiary/aromatic N) is 1. The molecule has 2 N–H and O–H groups in total. The highest BCUT2D eigenvalue weighted by Crippen LogP contribution is 2.35. The zero-order valence-electron chi connectivity index (χ0n) is 11.9. The fourth-order valence-corrected chi connectivity index (χ4v) is 3.11. The molecule has 0 spiro atoms. The SMILES string of the molecule is CC1(C)CCCC(Nc2cccc3cn[nH]c23)CC1. The number of benzene rings is 1. The van der Waals surface area contributed by atoms with Crippen molar-refractivity contribution < 1.29 is 0 Å². The van der Waals surface area contributed by atoms with Crippen molar-refractivity contribution >= 4 is 16.6 Å². The summed E-state index contributed by atoms with van der Waals surface area (Å²) in [6.45, 7) is 4.79. The van der Waals surface area contributed by atoms with E-state index in [0.717, 1.165) is 5.52 Å². The maximum atomic E-state index is 4.13. The van der Waals surface area contributed by atoms with Crippen LogP contribution in [0.1, 0.15) is 46.0 Å². The maximum Gasteiger partial charge on any atom is 0.0881 e. The minimum atomic E-state index is 0.510. The summed E-state index contributed by atoms with van der Waals surface area (Å²) in [5.41, 5.74) is 2.84. The lowest BCUT2D eigenvalue weighted by Gasteiger charge is -2.22. The van der Waals surface area contributed by atoms with Crippen molar-refractivity contribution in [2.24, 2.45) is 5.41 Å². The normalized spacial score (nSPS) is 23.2. The molecule has 19 heavy (non-hydrogen) atoms. The number of hydrogen-bond donors (Lipinski definition) is 2. The van der Waals surface area contributed by atoms with Gasteiger partial charge in [0.1, 0.15) is 0 Å². The summed E-state index contributed by atoms with van der Waals surface area (Å²) in [6, 6.07) is 6.94. The van der Waals surface area contributed by atoms with Crippen LogP contribution in [0.2, 0.25) is 0 Å². The molecule has 1 aliphatic carbocycles. The molecule has 3 heteroatoms. The fourth-order valence-electron chi connectivity index (χ4n) is 3.11. The smallest absolute Gasteiger partial charge is 0.0881 e. The van der Waals surface area contributed by atoms with Gasteiger partial charge in [-0.1, -0.05) is 32.4 Å². The van der Waals surface area contributed by atoms with E-state index in [1.54, 1.807) is 0 Å². The number of H-pyrrole nitrogens is 1. The van der Waals surface area contributed by atoms with E-state index in [2.05, 4.69) is 47.6 Å². The van der Waals surface area contributed by atoms with Gasteiger partial charge in [0.2, 0.25) is 0 Å². The third-order valence-corrected chi connectivity index (χ3v) is 4.41. The minimum Gasteiger partial charge on any atom is -0.381 e. The van der Waals surface area contributed by atoms with Crippen LogP contribution in [0.15, 0.2) is 24.4 Å².